The number of benzene rings is 1. The summed E-state index contributed by atoms with van der Waals surface area (Å²) in [6.07, 6.45) is 4.40. The number of nitrogens with one attached hydrogen (secondary N) is 1. The summed E-state index contributed by atoms with van der Waals surface area (Å²) in [5, 5.41) is 3.07. The molecule has 0 aliphatic rings. The summed E-state index contributed by atoms with van der Waals surface area (Å²) in [5.74, 6) is 1.43. The normalized spacial score (nSPS) is 10.3. The minimum Gasteiger partial charge on any atom is -0.490 e. The third kappa shape index (κ3) is 3.53. The Kier molecular flexibility index (Phi) is 4.67. The van der Waals surface area contributed by atoms with Crippen LogP contribution in [0.4, 0.5) is 0 Å². The van der Waals surface area contributed by atoms with Gasteiger partial charge in [0, 0.05) is 5.56 Å². The van der Waals surface area contributed by atoms with Crippen LogP contribution in [0.25, 0.3) is 11.4 Å². The van der Waals surface area contributed by atoms with Gasteiger partial charge in [-0.1, -0.05) is 30.3 Å². The molecule has 0 saturated carbocycles. The zero-order valence-electron chi connectivity index (χ0n) is 10.5. The highest BCUT2D eigenvalue weighted by Gasteiger charge is 2.00. The van der Waals surface area contributed by atoms with E-state index in [2.05, 4.69) is 15.3 Å². The maximum Gasteiger partial charge on any atom is 0.159 e. The van der Waals surface area contributed by atoms with E-state index in [1.165, 1.54) is 0 Å². The van der Waals surface area contributed by atoms with Gasteiger partial charge in [-0.3, -0.25) is 0 Å². The summed E-state index contributed by atoms with van der Waals surface area (Å²) >= 11 is 0. The molecule has 0 bridgehead atoms. The molecule has 0 atom stereocenters. The second kappa shape index (κ2) is 6.71. The van der Waals surface area contributed by atoms with Crippen molar-refractivity contribution in [2.24, 2.45) is 0 Å². The van der Waals surface area contributed by atoms with Gasteiger partial charge in [0.25, 0.3) is 0 Å². The van der Waals surface area contributed by atoms with E-state index < -0.39 is 0 Å². The number of hydrogen-bond donors (Lipinski definition) is 1. The molecular weight excluding hydrogens is 226 g/mol. The van der Waals surface area contributed by atoms with Crippen LogP contribution in [-0.2, 0) is 0 Å². The first-order chi connectivity index (χ1) is 8.90. The van der Waals surface area contributed by atoms with Crippen LogP contribution in [-0.4, -0.2) is 30.2 Å². The van der Waals surface area contributed by atoms with Crippen LogP contribution in [0, 0.1) is 0 Å². The fourth-order valence-electron chi connectivity index (χ4n) is 1.57. The number of hydrogen-bond acceptors (Lipinski definition) is 4. The van der Waals surface area contributed by atoms with Crippen molar-refractivity contribution in [3.8, 4) is 17.1 Å². The highest BCUT2D eigenvalue weighted by Crippen LogP contribution is 2.15. The average molecular weight is 243 g/mol. The third-order valence-electron chi connectivity index (χ3n) is 2.50. The van der Waals surface area contributed by atoms with Gasteiger partial charge in [0.15, 0.2) is 11.6 Å². The number of ether oxygens (including phenoxy) is 1. The maximum absolute atomic E-state index is 5.53. The van der Waals surface area contributed by atoms with Gasteiger partial charge >= 0.3 is 0 Å². The molecule has 18 heavy (non-hydrogen) atoms. The quantitative estimate of drug-likeness (QED) is 0.790. The number of rotatable bonds is 6. The molecule has 0 amide bonds. The van der Waals surface area contributed by atoms with Gasteiger partial charge in [-0.2, -0.15) is 0 Å². The Bertz CT molecular complexity index is 456. The number of aromatic nitrogens is 2. The van der Waals surface area contributed by atoms with Gasteiger partial charge in [-0.25, -0.2) is 9.97 Å². The van der Waals surface area contributed by atoms with E-state index >= 15 is 0 Å². The van der Waals surface area contributed by atoms with Crippen LogP contribution in [0.2, 0.25) is 0 Å². The maximum atomic E-state index is 5.53. The Morgan fingerprint density at radius 1 is 1.11 bits per heavy atom. The van der Waals surface area contributed by atoms with Gasteiger partial charge < -0.3 is 10.1 Å². The molecule has 4 nitrogen and oxygen atoms in total. The van der Waals surface area contributed by atoms with E-state index in [1.807, 2.05) is 37.4 Å². The molecule has 4 heteroatoms. The molecule has 0 aliphatic heterocycles. The van der Waals surface area contributed by atoms with Crippen LogP contribution >= 0.6 is 0 Å². The zero-order chi connectivity index (χ0) is 12.6. The van der Waals surface area contributed by atoms with Gasteiger partial charge in [0.1, 0.15) is 0 Å². The van der Waals surface area contributed by atoms with Gasteiger partial charge in [0.2, 0.25) is 0 Å². The Labute approximate surface area is 107 Å². The topological polar surface area (TPSA) is 47.0 Å². The lowest BCUT2D eigenvalue weighted by Crippen LogP contribution is -2.11. The summed E-state index contributed by atoms with van der Waals surface area (Å²) in [4.78, 5) is 8.59. The zero-order valence-corrected chi connectivity index (χ0v) is 10.5. The van der Waals surface area contributed by atoms with Crippen LogP contribution < -0.4 is 10.1 Å². The molecule has 2 aromatic rings. The van der Waals surface area contributed by atoms with Crippen LogP contribution in [0.15, 0.2) is 42.7 Å². The molecule has 0 aliphatic carbocycles. The van der Waals surface area contributed by atoms with E-state index in [9.17, 15) is 0 Å². The molecule has 0 unspecified atom stereocenters. The Hall–Kier alpha value is -1.94. The fraction of sp³-hybridized carbons (Fsp3) is 0.286. The first-order valence-electron chi connectivity index (χ1n) is 6.05. The van der Waals surface area contributed by atoms with Crippen molar-refractivity contribution in [2.75, 3.05) is 20.2 Å². The summed E-state index contributed by atoms with van der Waals surface area (Å²) in [6, 6.07) is 9.90. The van der Waals surface area contributed by atoms with Crippen molar-refractivity contribution >= 4 is 0 Å². The van der Waals surface area contributed by atoms with E-state index in [-0.39, 0.29) is 0 Å². The van der Waals surface area contributed by atoms with Gasteiger partial charge in [-0.05, 0) is 20.0 Å². The Balaban J connectivity index is 1.94. The lowest BCUT2D eigenvalue weighted by molar-refractivity contribution is 0.307. The molecule has 0 fully saturated rings. The lowest BCUT2D eigenvalue weighted by Gasteiger charge is -2.05. The summed E-state index contributed by atoms with van der Waals surface area (Å²) in [5.41, 5.74) is 1.01. The highest BCUT2D eigenvalue weighted by molar-refractivity contribution is 5.54. The Morgan fingerprint density at radius 3 is 2.50 bits per heavy atom. The lowest BCUT2D eigenvalue weighted by atomic mass is 10.2. The molecule has 0 spiro atoms. The number of nitrogens with zero attached hydrogens (tertiary/aromatic N) is 2. The molecule has 2 rings (SSSR count). The first-order valence-corrected chi connectivity index (χ1v) is 6.05. The average Bonchev–Trinajstić information content (AvgIpc) is 2.45. The van der Waals surface area contributed by atoms with Crippen LogP contribution in [0.3, 0.4) is 0 Å². The predicted octanol–water partition coefficient (Wildman–Crippen LogP) is 2.13. The molecule has 1 aromatic heterocycles. The van der Waals surface area contributed by atoms with Gasteiger partial charge in [-0.15, -0.1) is 0 Å². The van der Waals surface area contributed by atoms with Crippen molar-refractivity contribution in [3.05, 3.63) is 42.7 Å². The van der Waals surface area contributed by atoms with Crippen LogP contribution in [0.5, 0.6) is 5.75 Å². The molecule has 1 N–H and O–H groups in total. The molecule has 1 heterocycles. The fourth-order valence-corrected chi connectivity index (χ4v) is 1.57. The molecule has 0 radical (unpaired) electrons. The third-order valence-corrected chi connectivity index (χ3v) is 2.50. The van der Waals surface area contributed by atoms with Crippen molar-refractivity contribution in [3.63, 3.8) is 0 Å². The van der Waals surface area contributed by atoms with Crippen molar-refractivity contribution in [1.29, 1.82) is 0 Å². The van der Waals surface area contributed by atoms with E-state index in [0.717, 1.165) is 24.4 Å². The SMILES string of the molecule is CNCCCOc1cnc(-c2ccccc2)nc1. The second-order valence-corrected chi connectivity index (χ2v) is 3.91. The van der Waals surface area contributed by atoms with E-state index in [4.69, 9.17) is 4.74 Å². The molecule has 1 aromatic carbocycles. The Morgan fingerprint density at radius 2 is 1.83 bits per heavy atom. The summed E-state index contributed by atoms with van der Waals surface area (Å²) in [7, 11) is 1.93. The van der Waals surface area contributed by atoms with Crippen LogP contribution in [0.1, 0.15) is 6.42 Å². The monoisotopic (exact) mass is 243 g/mol. The molecule has 94 valence electrons. The van der Waals surface area contributed by atoms with Gasteiger partial charge in [0.05, 0.1) is 19.0 Å². The van der Waals surface area contributed by atoms with Crippen molar-refractivity contribution in [1.82, 2.24) is 15.3 Å². The molecule has 0 saturated heterocycles. The van der Waals surface area contributed by atoms with Crippen molar-refractivity contribution in [2.45, 2.75) is 6.42 Å². The first kappa shape index (κ1) is 12.5. The summed E-state index contributed by atoms with van der Waals surface area (Å²) < 4.78 is 5.53. The molecular formula is C14H17N3O. The minimum atomic E-state index is 0.675. The van der Waals surface area contributed by atoms with E-state index in [1.54, 1.807) is 12.4 Å². The summed E-state index contributed by atoms with van der Waals surface area (Å²) in [6.45, 7) is 1.62. The predicted molar refractivity (Wildman–Crippen MR) is 71.5 cm³/mol. The van der Waals surface area contributed by atoms with Crippen molar-refractivity contribution < 1.29 is 4.74 Å². The van der Waals surface area contributed by atoms with E-state index in [0.29, 0.717) is 12.4 Å². The smallest absolute Gasteiger partial charge is 0.159 e. The standard InChI is InChI=1S/C14H17N3O/c1-15-8-5-9-18-13-10-16-14(17-11-13)12-6-3-2-4-7-12/h2-4,6-7,10-11,15H,5,8-9H2,1H3. The largest absolute Gasteiger partial charge is 0.490 e. The minimum absolute atomic E-state index is 0.675. The second-order valence-electron chi connectivity index (χ2n) is 3.91. The highest BCUT2D eigenvalue weighted by atomic mass is 16.5.